The number of amides is 1. The number of fused-ring (bicyclic) bond motifs is 1. The smallest absolute Gasteiger partial charge is 0.256 e. The van der Waals surface area contributed by atoms with Crippen LogP contribution in [0.2, 0.25) is 0 Å². The first-order valence-corrected chi connectivity index (χ1v) is 11.2. The summed E-state index contributed by atoms with van der Waals surface area (Å²) in [5, 5.41) is 9.39. The predicted molar refractivity (Wildman–Crippen MR) is 119 cm³/mol. The third-order valence-corrected chi connectivity index (χ3v) is 6.67. The predicted octanol–water partition coefficient (Wildman–Crippen LogP) is 4.72. The molecule has 3 aromatic heterocycles. The summed E-state index contributed by atoms with van der Waals surface area (Å²) in [6.07, 6.45) is 8.92. The Balaban J connectivity index is 1.51. The molecule has 0 N–H and O–H groups in total. The van der Waals surface area contributed by atoms with Gasteiger partial charge in [-0.05, 0) is 36.5 Å². The van der Waals surface area contributed by atoms with Gasteiger partial charge in [0, 0.05) is 30.3 Å². The number of rotatable bonds is 6. The molecule has 1 saturated carbocycles. The third-order valence-electron chi connectivity index (χ3n) is 6.67. The van der Waals surface area contributed by atoms with E-state index in [0.29, 0.717) is 46.3 Å². The second kappa shape index (κ2) is 8.39. The van der Waals surface area contributed by atoms with Crippen molar-refractivity contribution in [2.75, 3.05) is 13.2 Å². The molecule has 3 aromatic rings. The molecule has 8 heteroatoms. The normalized spacial score (nSPS) is 16.8. The quantitative estimate of drug-likeness (QED) is 0.545. The average Bonchev–Trinajstić information content (AvgIpc) is 3.54. The molecule has 1 aliphatic heterocycles. The van der Waals surface area contributed by atoms with Crippen LogP contribution < -0.4 is 0 Å². The van der Waals surface area contributed by atoms with E-state index >= 15 is 0 Å². The van der Waals surface area contributed by atoms with Crippen molar-refractivity contribution in [1.82, 2.24) is 19.9 Å². The summed E-state index contributed by atoms with van der Waals surface area (Å²) < 4.78 is 18.9. The topological polar surface area (TPSA) is 95.9 Å². The molecule has 2 aliphatic rings. The van der Waals surface area contributed by atoms with Gasteiger partial charge in [-0.2, -0.15) is 5.26 Å². The lowest BCUT2D eigenvalue weighted by Gasteiger charge is -2.20. The Bertz CT molecular complexity index is 1260. The molecule has 168 valence electrons. The fourth-order valence-corrected chi connectivity index (χ4v) is 4.87. The maximum Gasteiger partial charge on any atom is 0.256 e. The monoisotopic (exact) mass is 445 g/mol. The number of pyridine rings is 2. The Morgan fingerprint density at radius 1 is 1.21 bits per heavy atom. The van der Waals surface area contributed by atoms with Crippen LogP contribution >= 0.6 is 0 Å². The van der Waals surface area contributed by atoms with E-state index in [1.165, 1.54) is 30.6 Å². The van der Waals surface area contributed by atoms with Crippen molar-refractivity contribution in [3.63, 3.8) is 0 Å². The summed E-state index contributed by atoms with van der Waals surface area (Å²) in [6, 6.07) is 7.20. The summed E-state index contributed by atoms with van der Waals surface area (Å²) in [7, 11) is 0. The van der Waals surface area contributed by atoms with Gasteiger partial charge in [-0.3, -0.25) is 9.78 Å². The van der Waals surface area contributed by atoms with Crippen LogP contribution in [0.3, 0.4) is 0 Å². The van der Waals surface area contributed by atoms with Gasteiger partial charge in [0.1, 0.15) is 18.4 Å². The molecule has 0 aromatic carbocycles. The van der Waals surface area contributed by atoms with Gasteiger partial charge in [-0.25, -0.2) is 14.4 Å². The summed E-state index contributed by atoms with van der Waals surface area (Å²) in [4.78, 5) is 27.5. The number of halogens is 1. The van der Waals surface area contributed by atoms with Gasteiger partial charge in [0.2, 0.25) is 0 Å². The van der Waals surface area contributed by atoms with E-state index in [-0.39, 0.29) is 23.6 Å². The van der Waals surface area contributed by atoms with Crippen LogP contribution in [0, 0.1) is 16.7 Å². The first-order chi connectivity index (χ1) is 16.0. The Hall–Kier alpha value is -3.60. The maximum atomic E-state index is 12.8. The van der Waals surface area contributed by atoms with Gasteiger partial charge in [0.05, 0.1) is 29.7 Å². The molecule has 5 rings (SSSR count). The Morgan fingerprint density at radius 2 is 2.03 bits per heavy atom. The van der Waals surface area contributed by atoms with Crippen LogP contribution in [0.15, 0.2) is 35.0 Å². The lowest BCUT2D eigenvalue weighted by atomic mass is 9.85. The zero-order chi connectivity index (χ0) is 23.0. The number of carbonyl (C=O) groups excluding carboxylic acids is 1. The zero-order valence-corrected chi connectivity index (χ0v) is 18.5. The van der Waals surface area contributed by atoms with E-state index in [9.17, 15) is 14.4 Å². The molecular weight excluding hydrogens is 421 g/mol. The minimum atomic E-state index is -0.602. The molecule has 0 saturated heterocycles. The van der Waals surface area contributed by atoms with Crippen molar-refractivity contribution in [2.45, 2.75) is 45.6 Å². The SMILES string of the molecule is CC1(Cc2ncc(-c3ccc(C#N)nc3-c3cnc4c(c3)C(=O)N(CCF)C4)o2)CCCC1. The second-order valence-electron chi connectivity index (χ2n) is 9.15. The number of carbonyl (C=O) groups is 1. The maximum absolute atomic E-state index is 12.8. The molecular formula is C25H24FN5O2. The highest BCUT2D eigenvalue weighted by Crippen LogP contribution is 2.41. The van der Waals surface area contributed by atoms with Crippen LogP contribution in [-0.4, -0.2) is 39.0 Å². The molecule has 0 radical (unpaired) electrons. The highest BCUT2D eigenvalue weighted by atomic mass is 19.1. The van der Waals surface area contributed by atoms with Gasteiger partial charge in [-0.1, -0.05) is 19.8 Å². The Kier molecular flexibility index (Phi) is 5.41. The van der Waals surface area contributed by atoms with Gasteiger partial charge in [0.15, 0.2) is 11.7 Å². The summed E-state index contributed by atoms with van der Waals surface area (Å²) in [6.45, 7) is 2.01. The van der Waals surface area contributed by atoms with Gasteiger partial charge in [0.25, 0.3) is 5.91 Å². The number of alkyl halides is 1. The van der Waals surface area contributed by atoms with E-state index < -0.39 is 6.67 Å². The summed E-state index contributed by atoms with van der Waals surface area (Å²) >= 11 is 0. The van der Waals surface area contributed by atoms with E-state index in [4.69, 9.17) is 4.42 Å². The van der Waals surface area contributed by atoms with Crippen LogP contribution in [0.5, 0.6) is 0 Å². The van der Waals surface area contributed by atoms with E-state index in [1.807, 2.05) is 0 Å². The Labute approximate surface area is 191 Å². The van der Waals surface area contributed by atoms with Crippen LogP contribution in [0.25, 0.3) is 22.6 Å². The molecule has 1 amide bonds. The molecule has 1 aliphatic carbocycles. The van der Waals surface area contributed by atoms with Gasteiger partial charge < -0.3 is 9.32 Å². The molecule has 0 unspecified atom stereocenters. The zero-order valence-electron chi connectivity index (χ0n) is 18.5. The van der Waals surface area contributed by atoms with Crippen molar-refractivity contribution in [2.24, 2.45) is 5.41 Å². The van der Waals surface area contributed by atoms with E-state index in [2.05, 4.69) is 27.9 Å². The molecule has 4 heterocycles. The van der Waals surface area contributed by atoms with Crippen LogP contribution in [0.4, 0.5) is 4.39 Å². The number of aromatic nitrogens is 3. The highest BCUT2D eigenvalue weighted by molar-refractivity contribution is 5.99. The largest absolute Gasteiger partial charge is 0.441 e. The average molecular weight is 445 g/mol. The minimum absolute atomic E-state index is 0.0394. The lowest BCUT2D eigenvalue weighted by Crippen LogP contribution is -2.26. The number of oxazole rings is 1. The lowest BCUT2D eigenvalue weighted by molar-refractivity contribution is 0.0767. The van der Waals surface area contributed by atoms with Crippen molar-refractivity contribution >= 4 is 5.91 Å². The number of nitriles is 1. The van der Waals surface area contributed by atoms with Crippen molar-refractivity contribution in [3.05, 3.63) is 53.4 Å². The molecule has 0 atom stereocenters. The molecule has 0 bridgehead atoms. The molecule has 0 spiro atoms. The molecule has 7 nitrogen and oxygen atoms in total. The van der Waals surface area contributed by atoms with Crippen molar-refractivity contribution < 1.29 is 13.6 Å². The van der Waals surface area contributed by atoms with Crippen molar-refractivity contribution in [3.8, 4) is 28.7 Å². The standard InChI is InChI=1S/C25H24FN5O2/c1-25(6-2-3-7-25)11-22-29-14-21(33-22)18-5-4-17(12-27)30-23(18)16-10-19-20(28-13-16)15-31(9-8-26)24(19)32/h4-5,10,13-14H,2-3,6-9,11,15H2,1H3. The first-order valence-electron chi connectivity index (χ1n) is 11.2. The van der Waals surface area contributed by atoms with E-state index in [1.54, 1.807) is 30.6 Å². The fourth-order valence-electron chi connectivity index (χ4n) is 4.87. The highest BCUT2D eigenvalue weighted by Gasteiger charge is 2.31. The van der Waals surface area contributed by atoms with Gasteiger partial charge in [-0.15, -0.1) is 0 Å². The summed E-state index contributed by atoms with van der Waals surface area (Å²) in [5.41, 5.74) is 3.28. The molecule has 33 heavy (non-hydrogen) atoms. The van der Waals surface area contributed by atoms with Crippen LogP contribution in [-0.2, 0) is 13.0 Å². The Morgan fingerprint density at radius 3 is 2.79 bits per heavy atom. The number of hydrogen-bond acceptors (Lipinski definition) is 6. The number of nitrogens with zero attached hydrogens (tertiary/aromatic N) is 5. The van der Waals surface area contributed by atoms with Crippen LogP contribution in [0.1, 0.15) is 60.2 Å². The van der Waals surface area contributed by atoms with E-state index in [0.717, 1.165) is 6.42 Å². The third kappa shape index (κ3) is 3.99. The minimum Gasteiger partial charge on any atom is -0.441 e. The number of hydrogen-bond donors (Lipinski definition) is 0. The summed E-state index contributed by atoms with van der Waals surface area (Å²) in [5.74, 6) is 1.00. The fraction of sp³-hybridized carbons (Fsp3) is 0.400. The van der Waals surface area contributed by atoms with Gasteiger partial charge >= 0.3 is 0 Å². The molecule has 1 fully saturated rings. The second-order valence-corrected chi connectivity index (χ2v) is 9.15. The first kappa shape index (κ1) is 21.3. The van der Waals surface area contributed by atoms with Crippen molar-refractivity contribution in [1.29, 1.82) is 5.26 Å².